The lowest BCUT2D eigenvalue weighted by atomic mass is 10.1. The van der Waals surface area contributed by atoms with E-state index in [1.165, 1.54) is 25.7 Å². The number of carbonyl (C=O) groups is 1. The van der Waals surface area contributed by atoms with Crippen LogP contribution in [-0.2, 0) is 9.53 Å². The van der Waals surface area contributed by atoms with Crippen LogP contribution in [0.15, 0.2) is 0 Å². The molecule has 23 heavy (non-hydrogen) atoms. The van der Waals surface area contributed by atoms with Gasteiger partial charge < -0.3 is 9.64 Å². The molecule has 0 saturated carbocycles. The summed E-state index contributed by atoms with van der Waals surface area (Å²) in [6.07, 6.45) is 4.88. The van der Waals surface area contributed by atoms with Crippen LogP contribution in [0.4, 0.5) is 0 Å². The van der Waals surface area contributed by atoms with Crippen LogP contribution in [0.2, 0.25) is 0 Å². The van der Waals surface area contributed by atoms with E-state index in [1.54, 1.807) is 0 Å². The molecule has 134 valence electrons. The van der Waals surface area contributed by atoms with Gasteiger partial charge in [-0.15, -0.1) is 0 Å². The van der Waals surface area contributed by atoms with Gasteiger partial charge in [-0.1, -0.05) is 12.8 Å². The van der Waals surface area contributed by atoms with Gasteiger partial charge in [-0.25, -0.2) is 0 Å². The van der Waals surface area contributed by atoms with Crippen molar-refractivity contribution in [1.82, 2.24) is 14.7 Å². The highest BCUT2D eigenvalue weighted by atomic mass is 16.5. The van der Waals surface area contributed by atoms with Crippen molar-refractivity contribution in [2.45, 2.75) is 58.5 Å². The first kappa shape index (κ1) is 18.7. The van der Waals surface area contributed by atoms with Gasteiger partial charge >= 0.3 is 0 Å². The molecule has 2 aliphatic rings. The maximum atomic E-state index is 12.8. The third-order valence-electron chi connectivity index (χ3n) is 5.35. The molecule has 2 saturated heterocycles. The molecular formula is C18H35N3O2. The first-order valence-electron chi connectivity index (χ1n) is 9.48. The maximum absolute atomic E-state index is 12.8. The van der Waals surface area contributed by atoms with Crippen molar-refractivity contribution < 1.29 is 9.53 Å². The number of hydrogen-bond acceptors (Lipinski definition) is 4. The first-order chi connectivity index (χ1) is 11.1. The molecule has 2 fully saturated rings. The second-order valence-corrected chi connectivity index (χ2v) is 6.99. The van der Waals surface area contributed by atoms with Gasteiger partial charge in [0.15, 0.2) is 0 Å². The highest BCUT2D eigenvalue weighted by Gasteiger charge is 2.31. The van der Waals surface area contributed by atoms with Crippen LogP contribution in [0.25, 0.3) is 0 Å². The molecule has 2 heterocycles. The van der Waals surface area contributed by atoms with Crippen LogP contribution in [0.5, 0.6) is 0 Å². The van der Waals surface area contributed by atoms with Crippen LogP contribution in [0, 0.1) is 0 Å². The van der Waals surface area contributed by atoms with E-state index < -0.39 is 0 Å². The van der Waals surface area contributed by atoms with Crippen molar-refractivity contribution in [3.8, 4) is 0 Å². The van der Waals surface area contributed by atoms with Crippen molar-refractivity contribution in [2.75, 3.05) is 52.5 Å². The van der Waals surface area contributed by atoms with Gasteiger partial charge in [-0.3, -0.25) is 14.6 Å². The number of ether oxygens (including phenoxy) is 1. The molecule has 0 aliphatic carbocycles. The van der Waals surface area contributed by atoms with E-state index in [4.69, 9.17) is 4.74 Å². The standard InChI is InChI=1S/C18H35N3O2/c1-4-23-14-13-19-11-12-21(15-16(19)2)17(3)18(22)20-9-7-5-6-8-10-20/h16-17H,4-15H2,1-3H3/t16-,17-/m1/s1. The molecule has 1 amide bonds. The molecule has 5 heteroatoms. The van der Waals surface area contributed by atoms with Gasteiger partial charge in [-0.2, -0.15) is 0 Å². The summed E-state index contributed by atoms with van der Waals surface area (Å²) in [5.41, 5.74) is 0. The minimum absolute atomic E-state index is 0.0181. The second-order valence-electron chi connectivity index (χ2n) is 6.99. The fraction of sp³-hybridized carbons (Fsp3) is 0.944. The summed E-state index contributed by atoms with van der Waals surface area (Å²) in [6, 6.07) is 0.508. The van der Waals surface area contributed by atoms with Crippen molar-refractivity contribution in [2.24, 2.45) is 0 Å². The van der Waals surface area contributed by atoms with Gasteiger partial charge in [0.25, 0.3) is 0 Å². The number of amides is 1. The molecule has 0 bridgehead atoms. The Kier molecular flexibility index (Phi) is 7.80. The van der Waals surface area contributed by atoms with Gasteiger partial charge in [0.2, 0.25) is 5.91 Å². The van der Waals surface area contributed by atoms with Crippen LogP contribution in [0.3, 0.4) is 0 Å². The largest absolute Gasteiger partial charge is 0.380 e. The third kappa shape index (κ3) is 5.44. The first-order valence-corrected chi connectivity index (χ1v) is 9.48. The van der Waals surface area contributed by atoms with Gasteiger partial charge in [0.1, 0.15) is 0 Å². The summed E-state index contributed by atoms with van der Waals surface area (Å²) in [7, 11) is 0. The molecule has 0 unspecified atom stereocenters. The Hall–Kier alpha value is -0.650. The van der Waals surface area contributed by atoms with Gasteiger partial charge in [0.05, 0.1) is 12.6 Å². The predicted molar refractivity (Wildman–Crippen MR) is 93.6 cm³/mol. The molecule has 0 radical (unpaired) electrons. The monoisotopic (exact) mass is 325 g/mol. The minimum atomic E-state index is 0.0181. The fourth-order valence-corrected chi connectivity index (χ4v) is 3.74. The van der Waals surface area contributed by atoms with Crippen LogP contribution in [0.1, 0.15) is 46.5 Å². The Morgan fingerprint density at radius 1 is 1.13 bits per heavy atom. The summed E-state index contributed by atoms with van der Waals surface area (Å²) < 4.78 is 5.47. The maximum Gasteiger partial charge on any atom is 0.239 e. The summed E-state index contributed by atoms with van der Waals surface area (Å²) >= 11 is 0. The predicted octanol–water partition coefficient (Wildman–Crippen LogP) is 1.82. The molecule has 0 aromatic heterocycles. The molecule has 2 aliphatic heterocycles. The smallest absolute Gasteiger partial charge is 0.239 e. The Labute approximate surface area is 141 Å². The molecule has 5 nitrogen and oxygen atoms in total. The normalized spacial score (nSPS) is 26.0. The molecule has 0 aromatic carbocycles. The van der Waals surface area contributed by atoms with Gasteiger partial charge in [-0.05, 0) is 33.6 Å². The Morgan fingerprint density at radius 2 is 1.83 bits per heavy atom. The van der Waals surface area contributed by atoms with E-state index >= 15 is 0 Å². The zero-order valence-corrected chi connectivity index (χ0v) is 15.3. The lowest BCUT2D eigenvalue weighted by Crippen LogP contribution is -2.58. The lowest BCUT2D eigenvalue weighted by Gasteiger charge is -2.42. The Balaban J connectivity index is 1.81. The van der Waals surface area contributed by atoms with Crippen LogP contribution >= 0.6 is 0 Å². The number of rotatable bonds is 6. The zero-order valence-electron chi connectivity index (χ0n) is 15.3. The summed E-state index contributed by atoms with van der Waals surface area (Å²) in [6.45, 7) is 13.9. The number of likely N-dealkylation sites (tertiary alicyclic amines) is 1. The summed E-state index contributed by atoms with van der Waals surface area (Å²) in [5.74, 6) is 0.335. The van der Waals surface area contributed by atoms with E-state index in [9.17, 15) is 4.79 Å². The van der Waals surface area contributed by atoms with Crippen molar-refractivity contribution in [1.29, 1.82) is 0 Å². The average molecular weight is 325 g/mol. The topological polar surface area (TPSA) is 36.0 Å². The molecule has 0 aromatic rings. The van der Waals surface area contributed by atoms with Crippen molar-refractivity contribution >= 4 is 5.91 Å². The highest BCUT2D eigenvalue weighted by molar-refractivity contribution is 5.81. The number of carbonyl (C=O) groups excluding carboxylic acids is 1. The molecule has 2 rings (SSSR count). The molecule has 0 N–H and O–H groups in total. The van der Waals surface area contributed by atoms with Crippen molar-refractivity contribution in [3.05, 3.63) is 0 Å². The number of hydrogen-bond donors (Lipinski definition) is 0. The second kappa shape index (κ2) is 9.60. The van der Waals surface area contributed by atoms with E-state index in [0.29, 0.717) is 11.9 Å². The van der Waals surface area contributed by atoms with Gasteiger partial charge in [0, 0.05) is 51.9 Å². The van der Waals surface area contributed by atoms with Crippen LogP contribution in [-0.4, -0.2) is 85.2 Å². The quantitative estimate of drug-likeness (QED) is 0.698. The summed E-state index contributed by atoms with van der Waals surface area (Å²) in [5, 5.41) is 0. The number of piperazine rings is 1. The Bertz CT molecular complexity index is 356. The number of nitrogens with zero attached hydrogens (tertiary/aromatic N) is 3. The van der Waals surface area contributed by atoms with E-state index in [1.807, 2.05) is 6.92 Å². The summed E-state index contributed by atoms with van der Waals surface area (Å²) in [4.78, 5) is 19.8. The minimum Gasteiger partial charge on any atom is -0.380 e. The van der Waals surface area contributed by atoms with Crippen molar-refractivity contribution in [3.63, 3.8) is 0 Å². The molecule has 0 spiro atoms. The average Bonchev–Trinajstić information content (AvgIpc) is 2.84. The van der Waals surface area contributed by atoms with E-state index in [0.717, 1.165) is 52.5 Å². The van der Waals surface area contributed by atoms with Crippen LogP contribution < -0.4 is 0 Å². The van der Waals surface area contributed by atoms with E-state index in [-0.39, 0.29) is 6.04 Å². The zero-order chi connectivity index (χ0) is 16.7. The SMILES string of the molecule is CCOCCN1CCN([C@H](C)C(=O)N2CCCCCC2)C[C@H]1C. The fourth-order valence-electron chi connectivity index (χ4n) is 3.74. The third-order valence-corrected chi connectivity index (χ3v) is 5.35. The molecular weight excluding hydrogens is 290 g/mol. The molecule has 2 atom stereocenters. The van der Waals surface area contributed by atoms with E-state index in [2.05, 4.69) is 28.5 Å². The lowest BCUT2D eigenvalue weighted by molar-refractivity contribution is -0.137. The highest BCUT2D eigenvalue weighted by Crippen LogP contribution is 2.16. The Morgan fingerprint density at radius 3 is 2.43 bits per heavy atom.